The third kappa shape index (κ3) is 5.25. The van der Waals surface area contributed by atoms with E-state index in [1.54, 1.807) is 32.4 Å². The highest BCUT2D eigenvalue weighted by atomic mass is 16.5. The van der Waals surface area contributed by atoms with Crippen LogP contribution in [0.25, 0.3) is 6.08 Å². The third-order valence-corrected chi connectivity index (χ3v) is 5.35. The van der Waals surface area contributed by atoms with Crippen LogP contribution < -0.4 is 10.1 Å². The Morgan fingerprint density at radius 2 is 1.76 bits per heavy atom. The number of carbonyl (C=O) groups excluding carboxylic acids is 2. The first-order valence-electron chi connectivity index (χ1n) is 10.1. The molecule has 1 unspecified atom stereocenters. The SMILES string of the molecule is CNC(=O)c1ccc(/C=C/C(=O)N2CCCCCC2c2ccc(OC)cc2)cc1. The summed E-state index contributed by atoms with van der Waals surface area (Å²) in [5.41, 5.74) is 2.63. The summed E-state index contributed by atoms with van der Waals surface area (Å²) < 4.78 is 5.26. The van der Waals surface area contributed by atoms with E-state index >= 15 is 0 Å². The Morgan fingerprint density at radius 1 is 1.03 bits per heavy atom. The molecular weight excluding hydrogens is 364 g/mol. The van der Waals surface area contributed by atoms with E-state index in [4.69, 9.17) is 4.74 Å². The number of methoxy groups -OCH3 is 1. The maximum absolute atomic E-state index is 13.0. The van der Waals surface area contributed by atoms with Crippen LogP contribution in [0.1, 0.15) is 53.2 Å². The van der Waals surface area contributed by atoms with Crippen molar-refractivity contribution in [3.8, 4) is 5.75 Å². The molecule has 1 atom stereocenters. The zero-order chi connectivity index (χ0) is 20.6. The van der Waals surface area contributed by atoms with Gasteiger partial charge in [0.1, 0.15) is 5.75 Å². The maximum Gasteiger partial charge on any atom is 0.251 e. The van der Waals surface area contributed by atoms with E-state index in [9.17, 15) is 9.59 Å². The van der Waals surface area contributed by atoms with Gasteiger partial charge in [-0.25, -0.2) is 0 Å². The molecule has 0 saturated carbocycles. The van der Waals surface area contributed by atoms with Crippen LogP contribution in [0.5, 0.6) is 5.75 Å². The molecule has 1 N–H and O–H groups in total. The number of hydrogen-bond acceptors (Lipinski definition) is 3. The number of amides is 2. The molecule has 2 aromatic carbocycles. The van der Waals surface area contributed by atoms with Gasteiger partial charge in [0.25, 0.3) is 5.91 Å². The quantitative estimate of drug-likeness (QED) is 0.776. The number of rotatable bonds is 5. The molecule has 0 aliphatic carbocycles. The molecule has 3 rings (SSSR count). The second-order valence-electron chi connectivity index (χ2n) is 7.20. The average Bonchev–Trinajstić information content (AvgIpc) is 3.03. The number of nitrogens with one attached hydrogen (secondary N) is 1. The molecule has 0 bridgehead atoms. The van der Waals surface area contributed by atoms with Gasteiger partial charge >= 0.3 is 0 Å². The molecule has 1 fully saturated rings. The van der Waals surface area contributed by atoms with Crippen molar-refractivity contribution >= 4 is 17.9 Å². The number of likely N-dealkylation sites (tertiary alicyclic amines) is 1. The molecule has 1 aliphatic heterocycles. The minimum atomic E-state index is -0.122. The van der Waals surface area contributed by atoms with Crippen LogP contribution in [0, 0.1) is 0 Å². The summed E-state index contributed by atoms with van der Waals surface area (Å²) in [6, 6.07) is 15.3. The van der Waals surface area contributed by atoms with Crippen LogP contribution in [0.4, 0.5) is 0 Å². The Balaban J connectivity index is 1.75. The molecule has 1 aliphatic rings. The molecule has 0 aromatic heterocycles. The van der Waals surface area contributed by atoms with E-state index < -0.39 is 0 Å². The largest absolute Gasteiger partial charge is 0.497 e. The zero-order valence-corrected chi connectivity index (χ0v) is 17.1. The Bertz CT molecular complexity index is 857. The van der Waals surface area contributed by atoms with E-state index in [0.717, 1.165) is 49.1 Å². The molecule has 0 spiro atoms. The lowest BCUT2D eigenvalue weighted by Gasteiger charge is -2.29. The van der Waals surface area contributed by atoms with Gasteiger partial charge in [-0.15, -0.1) is 0 Å². The fraction of sp³-hybridized carbons (Fsp3) is 0.333. The van der Waals surface area contributed by atoms with E-state index in [-0.39, 0.29) is 17.9 Å². The highest BCUT2D eigenvalue weighted by Gasteiger charge is 2.25. The van der Waals surface area contributed by atoms with E-state index in [0.29, 0.717) is 5.56 Å². The van der Waals surface area contributed by atoms with Crippen molar-refractivity contribution in [1.29, 1.82) is 0 Å². The molecule has 2 aromatic rings. The first kappa shape index (κ1) is 20.6. The van der Waals surface area contributed by atoms with Crippen LogP contribution in [0.2, 0.25) is 0 Å². The van der Waals surface area contributed by atoms with E-state index in [2.05, 4.69) is 17.4 Å². The lowest BCUT2D eigenvalue weighted by Crippen LogP contribution is -2.33. The van der Waals surface area contributed by atoms with Gasteiger partial charge in [0.15, 0.2) is 0 Å². The molecular formula is C24H28N2O3. The van der Waals surface area contributed by atoms with Crippen molar-refractivity contribution in [2.75, 3.05) is 20.7 Å². The fourth-order valence-corrected chi connectivity index (χ4v) is 3.70. The van der Waals surface area contributed by atoms with Crippen molar-refractivity contribution in [3.05, 3.63) is 71.3 Å². The summed E-state index contributed by atoms with van der Waals surface area (Å²) in [7, 11) is 3.26. The number of benzene rings is 2. The van der Waals surface area contributed by atoms with Gasteiger partial charge in [0, 0.05) is 25.2 Å². The minimum absolute atomic E-state index is 0.0168. The number of nitrogens with zero attached hydrogens (tertiary/aromatic N) is 1. The number of carbonyl (C=O) groups is 2. The van der Waals surface area contributed by atoms with Crippen molar-refractivity contribution in [1.82, 2.24) is 10.2 Å². The minimum Gasteiger partial charge on any atom is -0.497 e. The van der Waals surface area contributed by atoms with Crippen LogP contribution in [0.15, 0.2) is 54.6 Å². The maximum atomic E-state index is 13.0. The van der Waals surface area contributed by atoms with Crippen LogP contribution in [0.3, 0.4) is 0 Å². The van der Waals surface area contributed by atoms with Gasteiger partial charge in [0.2, 0.25) is 5.91 Å². The summed E-state index contributed by atoms with van der Waals surface area (Å²) in [5.74, 6) is 0.715. The van der Waals surface area contributed by atoms with E-state index in [1.165, 1.54) is 0 Å². The van der Waals surface area contributed by atoms with Crippen LogP contribution >= 0.6 is 0 Å². The van der Waals surface area contributed by atoms with Gasteiger partial charge in [0.05, 0.1) is 13.2 Å². The number of ether oxygens (including phenoxy) is 1. The van der Waals surface area contributed by atoms with Crippen molar-refractivity contribution in [2.24, 2.45) is 0 Å². The molecule has 1 saturated heterocycles. The zero-order valence-electron chi connectivity index (χ0n) is 17.1. The van der Waals surface area contributed by atoms with Crippen molar-refractivity contribution in [2.45, 2.75) is 31.7 Å². The third-order valence-electron chi connectivity index (χ3n) is 5.35. The highest BCUT2D eigenvalue weighted by Crippen LogP contribution is 2.31. The average molecular weight is 392 g/mol. The normalized spacial score (nSPS) is 17.0. The summed E-state index contributed by atoms with van der Waals surface area (Å²) in [6.45, 7) is 0.759. The molecule has 0 radical (unpaired) electrons. The van der Waals surface area contributed by atoms with Gasteiger partial charge in [-0.2, -0.15) is 0 Å². The predicted octanol–water partition coefficient (Wildman–Crippen LogP) is 4.21. The van der Waals surface area contributed by atoms with Gasteiger partial charge < -0.3 is 15.0 Å². The smallest absolute Gasteiger partial charge is 0.251 e. The second kappa shape index (κ2) is 9.92. The molecule has 2 amide bonds. The first-order chi connectivity index (χ1) is 14.1. The monoisotopic (exact) mass is 392 g/mol. The predicted molar refractivity (Wildman–Crippen MR) is 115 cm³/mol. The molecule has 5 nitrogen and oxygen atoms in total. The molecule has 29 heavy (non-hydrogen) atoms. The summed E-state index contributed by atoms with van der Waals surface area (Å²) >= 11 is 0. The summed E-state index contributed by atoms with van der Waals surface area (Å²) in [4.78, 5) is 26.6. The highest BCUT2D eigenvalue weighted by molar-refractivity contribution is 5.95. The standard InChI is InChI=1S/C24H28N2O3/c1-25-24(28)20-10-7-18(8-11-20)9-16-23(27)26-17-5-3-4-6-22(26)19-12-14-21(29-2)15-13-19/h7-16,22H,3-6,17H2,1-2H3,(H,25,28)/b16-9+. The van der Waals surface area contributed by atoms with Crippen LogP contribution in [-0.2, 0) is 4.79 Å². The Hall–Kier alpha value is -3.08. The first-order valence-corrected chi connectivity index (χ1v) is 10.1. The topological polar surface area (TPSA) is 58.6 Å². The van der Waals surface area contributed by atoms with Crippen molar-refractivity contribution in [3.63, 3.8) is 0 Å². The summed E-state index contributed by atoms with van der Waals surface area (Å²) in [5, 5.41) is 2.60. The summed E-state index contributed by atoms with van der Waals surface area (Å²) in [6.07, 6.45) is 7.69. The Kier molecular flexibility index (Phi) is 7.06. The van der Waals surface area contributed by atoms with Gasteiger partial charge in [-0.3, -0.25) is 9.59 Å². The lowest BCUT2D eigenvalue weighted by atomic mass is 10.0. The molecule has 1 heterocycles. The number of hydrogen-bond donors (Lipinski definition) is 1. The lowest BCUT2D eigenvalue weighted by molar-refractivity contribution is -0.128. The fourth-order valence-electron chi connectivity index (χ4n) is 3.70. The van der Waals surface area contributed by atoms with Crippen molar-refractivity contribution < 1.29 is 14.3 Å². The molecule has 152 valence electrons. The Morgan fingerprint density at radius 3 is 2.41 bits per heavy atom. The second-order valence-corrected chi connectivity index (χ2v) is 7.20. The Labute approximate surface area is 172 Å². The van der Waals surface area contributed by atoms with Gasteiger partial charge in [-0.1, -0.05) is 37.1 Å². The van der Waals surface area contributed by atoms with Gasteiger partial charge in [-0.05, 0) is 54.3 Å². The van der Waals surface area contributed by atoms with E-state index in [1.807, 2.05) is 35.2 Å². The van der Waals surface area contributed by atoms with Crippen LogP contribution in [-0.4, -0.2) is 37.4 Å². The molecule has 5 heteroatoms.